The first-order valence-corrected chi connectivity index (χ1v) is 11.9. The molecule has 35 heavy (non-hydrogen) atoms. The van der Waals surface area contributed by atoms with Gasteiger partial charge >= 0.3 is 12.1 Å². The number of amides is 2. The van der Waals surface area contributed by atoms with E-state index in [1.807, 2.05) is 31.2 Å². The summed E-state index contributed by atoms with van der Waals surface area (Å²) in [5, 5.41) is 14.9. The molecule has 0 fully saturated rings. The van der Waals surface area contributed by atoms with Gasteiger partial charge in [0.05, 0.1) is 6.61 Å². The van der Waals surface area contributed by atoms with E-state index in [4.69, 9.17) is 9.47 Å². The van der Waals surface area contributed by atoms with Gasteiger partial charge in [0.15, 0.2) is 5.54 Å². The summed E-state index contributed by atoms with van der Waals surface area (Å²) in [5.41, 5.74) is 3.21. The van der Waals surface area contributed by atoms with Gasteiger partial charge in [-0.25, -0.2) is 9.59 Å². The van der Waals surface area contributed by atoms with Gasteiger partial charge in [-0.2, -0.15) is 0 Å². The van der Waals surface area contributed by atoms with Crippen LogP contribution in [0.5, 0.6) is 0 Å². The molecule has 0 spiro atoms. The molecular weight excluding hydrogens is 448 g/mol. The Balaban J connectivity index is 1.44. The summed E-state index contributed by atoms with van der Waals surface area (Å²) < 4.78 is 10.5. The fraction of sp³-hybridized carbons (Fsp3) is 0.444. The molecule has 8 nitrogen and oxygen atoms in total. The van der Waals surface area contributed by atoms with Crippen LogP contribution >= 0.6 is 0 Å². The molecule has 2 atom stereocenters. The number of carbonyl (C=O) groups is 3. The molecule has 0 saturated carbocycles. The number of carboxylic acid groups (broad SMARTS) is 1. The van der Waals surface area contributed by atoms with Gasteiger partial charge in [0.25, 0.3) is 0 Å². The number of methoxy groups -OCH3 is 1. The first kappa shape index (κ1) is 26.2. The van der Waals surface area contributed by atoms with Crippen LogP contribution in [0.2, 0.25) is 0 Å². The number of rotatable bonds is 12. The Morgan fingerprint density at radius 2 is 1.66 bits per heavy atom. The summed E-state index contributed by atoms with van der Waals surface area (Å²) in [7, 11) is 1.40. The average Bonchev–Trinajstić information content (AvgIpc) is 3.18. The molecule has 8 heteroatoms. The fourth-order valence-electron chi connectivity index (χ4n) is 4.46. The molecule has 2 aromatic rings. The van der Waals surface area contributed by atoms with Gasteiger partial charge in [0.2, 0.25) is 5.91 Å². The van der Waals surface area contributed by atoms with Crippen molar-refractivity contribution < 1.29 is 29.0 Å². The smallest absolute Gasteiger partial charge is 0.407 e. The third-order valence-electron chi connectivity index (χ3n) is 6.59. The van der Waals surface area contributed by atoms with Gasteiger partial charge < -0.3 is 25.2 Å². The number of nitrogens with one attached hydrogen (secondary N) is 2. The first-order chi connectivity index (χ1) is 16.8. The number of fused-ring (bicyclic) bond motifs is 3. The maximum Gasteiger partial charge on any atom is 0.407 e. The molecule has 0 heterocycles. The van der Waals surface area contributed by atoms with Crippen LogP contribution in [0.15, 0.2) is 48.5 Å². The normalized spacial score (nSPS) is 14.8. The molecular formula is C27H34N2O6. The molecule has 0 bridgehead atoms. The molecule has 2 amide bonds. The van der Waals surface area contributed by atoms with Crippen molar-refractivity contribution in [2.24, 2.45) is 5.92 Å². The van der Waals surface area contributed by atoms with Gasteiger partial charge in [-0.15, -0.1) is 0 Å². The molecule has 0 aromatic heterocycles. The zero-order valence-corrected chi connectivity index (χ0v) is 20.5. The number of ether oxygens (including phenoxy) is 2. The third kappa shape index (κ3) is 6.19. The van der Waals surface area contributed by atoms with Gasteiger partial charge in [0, 0.05) is 26.0 Å². The average molecular weight is 483 g/mol. The molecule has 0 saturated heterocycles. The van der Waals surface area contributed by atoms with Crippen molar-refractivity contribution in [1.82, 2.24) is 10.6 Å². The number of hydrogen-bond acceptors (Lipinski definition) is 5. The Bertz CT molecular complexity index is 1010. The summed E-state index contributed by atoms with van der Waals surface area (Å²) in [6.07, 6.45) is 0.341. The van der Waals surface area contributed by atoms with Crippen molar-refractivity contribution in [1.29, 1.82) is 0 Å². The SMILES string of the molecule is CCC(COC)(NC(=O)CCC(C)CNC(=O)OCC1c2ccccc2-c2ccccc21)C(=O)O. The minimum absolute atomic E-state index is 0.00418. The maximum atomic E-state index is 12.3. The Morgan fingerprint density at radius 3 is 2.20 bits per heavy atom. The second kappa shape index (κ2) is 11.8. The molecule has 0 aliphatic heterocycles. The number of aliphatic carboxylic acids is 1. The van der Waals surface area contributed by atoms with Crippen molar-refractivity contribution in [2.45, 2.75) is 44.6 Å². The van der Waals surface area contributed by atoms with Crippen molar-refractivity contribution in [3.05, 3.63) is 59.7 Å². The van der Waals surface area contributed by atoms with Crippen LogP contribution in [-0.4, -0.2) is 55.5 Å². The minimum atomic E-state index is -1.44. The van der Waals surface area contributed by atoms with E-state index in [-0.39, 0.29) is 43.8 Å². The molecule has 1 aliphatic carbocycles. The van der Waals surface area contributed by atoms with Gasteiger partial charge in [-0.3, -0.25) is 4.79 Å². The Kier molecular flexibility index (Phi) is 8.87. The summed E-state index contributed by atoms with van der Waals surface area (Å²) in [4.78, 5) is 36.3. The van der Waals surface area contributed by atoms with E-state index in [0.717, 1.165) is 11.1 Å². The fourth-order valence-corrected chi connectivity index (χ4v) is 4.46. The van der Waals surface area contributed by atoms with Crippen molar-refractivity contribution in [3.8, 4) is 11.1 Å². The molecule has 3 N–H and O–H groups in total. The highest BCUT2D eigenvalue weighted by Crippen LogP contribution is 2.44. The van der Waals surface area contributed by atoms with Crippen LogP contribution in [0.1, 0.15) is 50.2 Å². The lowest BCUT2D eigenvalue weighted by Crippen LogP contribution is -2.57. The van der Waals surface area contributed by atoms with Gasteiger partial charge in [-0.05, 0) is 41.0 Å². The van der Waals surface area contributed by atoms with Crippen LogP contribution in [0.4, 0.5) is 4.79 Å². The second-order valence-electron chi connectivity index (χ2n) is 9.07. The number of carboxylic acids is 1. The number of benzene rings is 2. The molecule has 0 radical (unpaired) electrons. The highest BCUT2D eigenvalue weighted by atomic mass is 16.5. The Labute approximate surface area is 206 Å². The van der Waals surface area contributed by atoms with E-state index in [1.54, 1.807) is 6.92 Å². The van der Waals surface area contributed by atoms with Gasteiger partial charge in [0.1, 0.15) is 6.61 Å². The van der Waals surface area contributed by atoms with Crippen LogP contribution in [0.25, 0.3) is 11.1 Å². The predicted octanol–water partition coefficient (Wildman–Crippen LogP) is 3.94. The zero-order valence-electron chi connectivity index (χ0n) is 20.5. The lowest BCUT2D eigenvalue weighted by Gasteiger charge is -2.28. The quantitative estimate of drug-likeness (QED) is 0.422. The maximum absolute atomic E-state index is 12.3. The number of alkyl carbamates (subject to hydrolysis) is 1. The van der Waals surface area contributed by atoms with Gasteiger partial charge in [-0.1, -0.05) is 62.4 Å². The molecule has 2 unspecified atom stereocenters. The Hall–Kier alpha value is -3.39. The highest BCUT2D eigenvalue weighted by Gasteiger charge is 2.38. The largest absolute Gasteiger partial charge is 0.479 e. The van der Waals surface area contributed by atoms with E-state index in [9.17, 15) is 19.5 Å². The number of carbonyl (C=O) groups excluding carboxylic acids is 2. The minimum Gasteiger partial charge on any atom is -0.479 e. The predicted molar refractivity (Wildman–Crippen MR) is 132 cm³/mol. The van der Waals surface area contributed by atoms with E-state index >= 15 is 0 Å². The lowest BCUT2D eigenvalue weighted by atomic mass is 9.96. The van der Waals surface area contributed by atoms with Crippen molar-refractivity contribution >= 4 is 18.0 Å². The molecule has 188 valence electrons. The van der Waals surface area contributed by atoms with E-state index < -0.39 is 17.6 Å². The Morgan fingerprint density at radius 1 is 1.06 bits per heavy atom. The summed E-state index contributed by atoms with van der Waals surface area (Å²) in [6, 6.07) is 16.3. The summed E-state index contributed by atoms with van der Waals surface area (Å²) in [6.45, 7) is 4.08. The lowest BCUT2D eigenvalue weighted by molar-refractivity contribution is -0.150. The summed E-state index contributed by atoms with van der Waals surface area (Å²) >= 11 is 0. The third-order valence-corrected chi connectivity index (χ3v) is 6.59. The van der Waals surface area contributed by atoms with Crippen LogP contribution in [0.3, 0.4) is 0 Å². The van der Waals surface area contributed by atoms with Crippen LogP contribution in [0, 0.1) is 5.92 Å². The second-order valence-corrected chi connectivity index (χ2v) is 9.07. The van der Waals surface area contributed by atoms with Crippen molar-refractivity contribution in [2.75, 3.05) is 26.9 Å². The monoisotopic (exact) mass is 482 g/mol. The summed E-state index contributed by atoms with van der Waals surface area (Å²) in [5.74, 6) is -1.49. The highest BCUT2D eigenvalue weighted by molar-refractivity contribution is 5.87. The topological polar surface area (TPSA) is 114 Å². The zero-order chi connectivity index (χ0) is 25.4. The molecule has 2 aromatic carbocycles. The first-order valence-electron chi connectivity index (χ1n) is 11.9. The van der Waals surface area contributed by atoms with E-state index in [1.165, 1.54) is 18.2 Å². The van der Waals surface area contributed by atoms with Crippen LogP contribution in [-0.2, 0) is 19.1 Å². The molecule has 1 aliphatic rings. The van der Waals surface area contributed by atoms with E-state index in [2.05, 4.69) is 34.9 Å². The van der Waals surface area contributed by atoms with Crippen LogP contribution < -0.4 is 10.6 Å². The number of hydrogen-bond donors (Lipinski definition) is 3. The standard InChI is InChI=1S/C27H34N2O6/c1-4-27(17-34-3,25(31)32)29-24(30)14-13-18(2)15-28-26(33)35-16-23-21-11-7-5-9-19(21)20-10-6-8-12-22(20)23/h5-12,18,23H,4,13-17H2,1-3H3,(H,28,33)(H,29,30)(H,31,32). The van der Waals surface area contributed by atoms with E-state index in [0.29, 0.717) is 13.0 Å². The van der Waals surface area contributed by atoms with Crippen molar-refractivity contribution in [3.63, 3.8) is 0 Å². The molecule has 3 rings (SSSR count).